The number of fused-ring (bicyclic) bond motifs is 1. The molecule has 2 aromatic rings. The molecule has 2 amide bonds. The molecule has 1 atom stereocenters. The van der Waals surface area contributed by atoms with Crippen molar-refractivity contribution in [3.05, 3.63) is 48.5 Å². The minimum atomic E-state index is -3.52. The molecule has 0 aromatic heterocycles. The standard InChI is InChI=1S/C22H25N3O4S2/c26-21(15-20-22(27)24-18-7-3-4-8-19(18)30-20)23-16-9-11-17(12-10-16)31(28,29)25-13-5-1-2-6-14-25/h3-4,7-12,20H,1-2,5-6,13-15H2,(H,23,26)(H,24,27)/t20-/m1/s1. The molecule has 9 heteroatoms. The first kappa shape index (κ1) is 21.9. The second-order valence-electron chi connectivity index (χ2n) is 7.69. The van der Waals surface area contributed by atoms with E-state index >= 15 is 0 Å². The summed E-state index contributed by atoms with van der Waals surface area (Å²) >= 11 is 1.37. The third-order valence-electron chi connectivity index (χ3n) is 5.42. The number of sulfonamides is 1. The van der Waals surface area contributed by atoms with E-state index < -0.39 is 15.3 Å². The highest BCUT2D eigenvalue weighted by molar-refractivity contribution is 8.01. The van der Waals surface area contributed by atoms with Gasteiger partial charge < -0.3 is 10.6 Å². The third-order valence-corrected chi connectivity index (χ3v) is 8.61. The van der Waals surface area contributed by atoms with Gasteiger partial charge >= 0.3 is 0 Å². The van der Waals surface area contributed by atoms with Crippen molar-refractivity contribution in [3.8, 4) is 0 Å². The van der Waals surface area contributed by atoms with Crippen molar-refractivity contribution < 1.29 is 18.0 Å². The highest BCUT2D eigenvalue weighted by atomic mass is 32.2. The molecule has 2 heterocycles. The number of benzene rings is 2. The Morgan fingerprint density at radius 2 is 1.71 bits per heavy atom. The summed E-state index contributed by atoms with van der Waals surface area (Å²) in [4.78, 5) is 25.9. The van der Waals surface area contributed by atoms with Crippen molar-refractivity contribution >= 4 is 45.0 Å². The number of para-hydroxylation sites is 1. The fourth-order valence-corrected chi connectivity index (χ4v) is 6.38. The van der Waals surface area contributed by atoms with Crippen LogP contribution in [0.5, 0.6) is 0 Å². The molecule has 0 spiro atoms. The highest BCUT2D eigenvalue weighted by Crippen LogP contribution is 2.36. The maximum atomic E-state index is 12.9. The number of carbonyl (C=O) groups is 2. The summed E-state index contributed by atoms with van der Waals surface area (Å²) in [6.45, 7) is 1.09. The molecule has 0 saturated carbocycles. The van der Waals surface area contributed by atoms with Crippen molar-refractivity contribution in [1.82, 2.24) is 4.31 Å². The van der Waals surface area contributed by atoms with Crippen LogP contribution in [0.3, 0.4) is 0 Å². The molecule has 2 aromatic carbocycles. The lowest BCUT2D eigenvalue weighted by Gasteiger charge is -2.23. The number of hydrogen-bond acceptors (Lipinski definition) is 5. The molecule has 2 aliphatic rings. The van der Waals surface area contributed by atoms with E-state index in [-0.39, 0.29) is 23.1 Å². The van der Waals surface area contributed by atoms with E-state index in [1.165, 1.54) is 23.9 Å². The zero-order valence-corrected chi connectivity index (χ0v) is 18.7. The predicted molar refractivity (Wildman–Crippen MR) is 122 cm³/mol. The Balaban J connectivity index is 1.38. The minimum absolute atomic E-state index is 0.0265. The number of amides is 2. The number of carbonyl (C=O) groups excluding carboxylic acids is 2. The summed E-state index contributed by atoms with van der Waals surface area (Å²) in [6.07, 6.45) is 3.90. The Kier molecular flexibility index (Phi) is 6.64. The summed E-state index contributed by atoms with van der Waals surface area (Å²) in [7, 11) is -3.52. The summed E-state index contributed by atoms with van der Waals surface area (Å²) in [5.41, 5.74) is 1.26. The average molecular weight is 460 g/mol. The molecular formula is C22H25N3O4S2. The molecule has 1 saturated heterocycles. The monoisotopic (exact) mass is 459 g/mol. The van der Waals surface area contributed by atoms with Gasteiger partial charge in [0.2, 0.25) is 21.8 Å². The van der Waals surface area contributed by atoms with Gasteiger partial charge in [-0.15, -0.1) is 11.8 Å². The summed E-state index contributed by atoms with van der Waals surface area (Å²) in [5, 5.41) is 5.07. The molecule has 0 aliphatic carbocycles. The number of thioether (sulfide) groups is 1. The Morgan fingerprint density at radius 1 is 1.03 bits per heavy atom. The predicted octanol–water partition coefficient (Wildman–Crippen LogP) is 3.69. The SMILES string of the molecule is O=C(C[C@H]1Sc2ccccc2NC1=O)Nc1ccc(S(=O)(=O)N2CCCCCC2)cc1. The molecule has 0 radical (unpaired) electrons. The molecule has 0 bridgehead atoms. The number of hydrogen-bond donors (Lipinski definition) is 2. The van der Waals surface area contributed by atoms with E-state index in [2.05, 4.69) is 10.6 Å². The van der Waals surface area contributed by atoms with Gasteiger partial charge in [-0.1, -0.05) is 25.0 Å². The van der Waals surface area contributed by atoms with Crippen LogP contribution < -0.4 is 10.6 Å². The normalized spacial score (nSPS) is 19.7. The van der Waals surface area contributed by atoms with Gasteiger partial charge in [-0.3, -0.25) is 9.59 Å². The highest BCUT2D eigenvalue weighted by Gasteiger charge is 2.29. The first-order chi connectivity index (χ1) is 14.9. The van der Waals surface area contributed by atoms with Crippen molar-refractivity contribution in [2.24, 2.45) is 0 Å². The van der Waals surface area contributed by atoms with Crippen molar-refractivity contribution in [3.63, 3.8) is 0 Å². The van der Waals surface area contributed by atoms with Crippen LogP contribution in [0.4, 0.5) is 11.4 Å². The van der Waals surface area contributed by atoms with Crippen LogP contribution in [-0.2, 0) is 19.6 Å². The van der Waals surface area contributed by atoms with Gasteiger partial charge in [-0.25, -0.2) is 8.42 Å². The first-order valence-corrected chi connectivity index (χ1v) is 12.7. The van der Waals surface area contributed by atoms with E-state index in [0.717, 1.165) is 36.3 Å². The maximum Gasteiger partial charge on any atom is 0.243 e. The van der Waals surface area contributed by atoms with Crippen LogP contribution in [0.15, 0.2) is 58.3 Å². The van der Waals surface area contributed by atoms with Crippen LogP contribution in [0.1, 0.15) is 32.1 Å². The Labute approximate surface area is 186 Å². The Bertz CT molecular complexity index is 1060. The average Bonchev–Trinajstić information content (AvgIpc) is 3.05. The smallest absolute Gasteiger partial charge is 0.243 e. The van der Waals surface area contributed by atoms with Crippen LogP contribution in [-0.4, -0.2) is 42.9 Å². The first-order valence-electron chi connectivity index (χ1n) is 10.4. The number of rotatable bonds is 5. The van der Waals surface area contributed by atoms with Crippen molar-refractivity contribution in [2.75, 3.05) is 23.7 Å². The van der Waals surface area contributed by atoms with E-state index in [1.54, 1.807) is 16.4 Å². The quantitative estimate of drug-likeness (QED) is 0.711. The molecule has 0 unspecified atom stereocenters. The van der Waals surface area contributed by atoms with E-state index in [9.17, 15) is 18.0 Å². The lowest BCUT2D eigenvalue weighted by Crippen LogP contribution is -2.32. The molecule has 4 rings (SSSR count). The fourth-order valence-electron chi connectivity index (χ4n) is 3.75. The van der Waals surface area contributed by atoms with Crippen molar-refractivity contribution in [1.29, 1.82) is 0 Å². The van der Waals surface area contributed by atoms with Crippen LogP contribution in [0, 0.1) is 0 Å². The number of nitrogens with zero attached hydrogens (tertiary/aromatic N) is 1. The van der Waals surface area contributed by atoms with Gasteiger partial charge in [-0.2, -0.15) is 4.31 Å². The van der Waals surface area contributed by atoms with Gasteiger partial charge in [0.25, 0.3) is 0 Å². The van der Waals surface area contributed by atoms with Gasteiger partial charge in [0.1, 0.15) is 0 Å². The topological polar surface area (TPSA) is 95.6 Å². The van der Waals surface area contributed by atoms with E-state index in [0.29, 0.717) is 18.8 Å². The number of anilines is 2. The van der Waals surface area contributed by atoms with Crippen molar-refractivity contribution in [2.45, 2.75) is 47.1 Å². The zero-order valence-electron chi connectivity index (χ0n) is 17.0. The van der Waals surface area contributed by atoms with Crippen LogP contribution in [0.2, 0.25) is 0 Å². The van der Waals surface area contributed by atoms with Crippen LogP contribution in [0.25, 0.3) is 0 Å². The lowest BCUT2D eigenvalue weighted by atomic mass is 10.2. The molecular weight excluding hydrogens is 434 g/mol. The zero-order chi connectivity index (χ0) is 21.8. The van der Waals surface area contributed by atoms with Gasteiger partial charge in [0.05, 0.1) is 15.8 Å². The Hall–Kier alpha value is -2.36. The van der Waals surface area contributed by atoms with Gasteiger partial charge in [0, 0.05) is 30.1 Å². The molecule has 31 heavy (non-hydrogen) atoms. The number of nitrogens with one attached hydrogen (secondary N) is 2. The fraction of sp³-hybridized carbons (Fsp3) is 0.364. The van der Waals surface area contributed by atoms with E-state index in [1.807, 2.05) is 24.3 Å². The molecule has 2 N–H and O–H groups in total. The maximum absolute atomic E-state index is 12.9. The van der Waals surface area contributed by atoms with E-state index in [4.69, 9.17) is 0 Å². The summed E-state index contributed by atoms with van der Waals surface area (Å²) < 4.78 is 27.3. The molecule has 2 aliphatic heterocycles. The lowest BCUT2D eigenvalue weighted by molar-refractivity contribution is -0.120. The molecule has 1 fully saturated rings. The third kappa shape index (κ3) is 5.11. The van der Waals surface area contributed by atoms with Crippen LogP contribution >= 0.6 is 11.8 Å². The van der Waals surface area contributed by atoms with Gasteiger partial charge in [-0.05, 0) is 49.2 Å². The minimum Gasteiger partial charge on any atom is -0.326 e. The summed E-state index contributed by atoms with van der Waals surface area (Å²) in [5.74, 6) is -0.493. The largest absolute Gasteiger partial charge is 0.326 e. The molecule has 7 nitrogen and oxygen atoms in total. The summed E-state index contributed by atoms with van der Waals surface area (Å²) in [6, 6.07) is 13.7. The molecule has 164 valence electrons. The second kappa shape index (κ2) is 9.42. The Morgan fingerprint density at radius 3 is 2.42 bits per heavy atom. The van der Waals surface area contributed by atoms with Gasteiger partial charge in [0.15, 0.2) is 0 Å². The second-order valence-corrected chi connectivity index (χ2v) is 10.9.